The lowest BCUT2D eigenvalue weighted by Crippen LogP contribution is -2.34. The Morgan fingerprint density at radius 3 is 2.40 bits per heavy atom. The zero-order valence-electron chi connectivity index (χ0n) is 10.9. The number of hydrogen-bond donors (Lipinski definition) is 2. The lowest BCUT2D eigenvalue weighted by atomic mass is 9.93. The summed E-state index contributed by atoms with van der Waals surface area (Å²) >= 11 is 0. The van der Waals surface area contributed by atoms with E-state index < -0.39 is 17.6 Å². The summed E-state index contributed by atoms with van der Waals surface area (Å²) in [5.74, 6) is -0.887. The van der Waals surface area contributed by atoms with Crippen LogP contribution < -0.4 is 5.32 Å². The molecule has 20 heavy (non-hydrogen) atoms. The largest absolute Gasteiger partial charge is 0.416 e. The fraction of sp³-hybridized carbons (Fsp3) is 0.571. The van der Waals surface area contributed by atoms with Gasteiger partial charge in [-0.05, 0) is 43.4 Å². The molecule has 0 unspecified atom stereocenters. The lowest BCUT2D eigenvalue weighted by Gasteiger charge is -2.26. The van der Waals surface area contributed by atoms with Gasteiger partial charge in [-0.2, -0.15) is 13.2 Å². The number of nitrogens with one attached hydrogen (secondary N) is 1. The van der Waals surface area contributed by atoms with Crippen molar-refractivity contribution in [1.82, 2.24) is 5.32 Å². The van der Waals surface area contributed by atoms with Gasteiger partial charge in [0, 0.05) is 12.6 Å². The number of alkyl halides is 3. The van der Waals surface area contributed by atoms with Gasteiger partial charge in [0.15, 0.2) is 0 Å². The highest BCUT2D eigenvalue weighted by atomic mass is 19.4. The predicted molar refractivity (Wildman–Crippen MR) is 66.5 cm³/mol. The second-order valence-corrected chi connectivity index (χ2v) is 5.19. The SMILES string of the molecule is OC1CCC(NCc2ccc(F)cc2C(F)(F)F)CC1. The van der Waals surface area contributed by atoms with Gasteiger partial charge in [-0.25, -0.2) is 4.39 Å². The summed E-state index contributed by atoms with van der Waals surface area (Å²) in [4.78, 5) is 0. The minimum absolute atomic E-state index is 0.0463. The molecule has 2 N–H and O–H groups in total. The molecule has 0 atom stereocenters. The first kappa shape index (κ1) is 15.3. The van der Waals surface area contributed by atoms with Crippen LogP contribution in [-0.2, 0) is 12.7 Å². The zero-order valence-corrected chi connectivity index (χ0v) is 10.9. The summed E-state index contributed by atoms with van der Waals surface area (Å²) in [7, 11) is 0. The first-order valence-corrected chi connectivity index (χ1v) is 6.63. The van der Waals surface area contributed by atoms with Gasteiger partial charge in [-0.1, -0.05) is 6.07 Å². The van der Waals surface area contributed by atoms with Crippen LogP contribution in [0.25, 0.3) is 0 Å². The maximum absolute atomic E-state index is 13.0. The van der Waals surface area contributed by atoms with E-state index in [9.17, 15) is 22.7 Å². The van der Waals surface area contributed by atoms with Crippen LogP contribution in [0.4, 0.5) is 17.6 Å². The summed E-state index contributed by atoms with van der Waals surface area (Å²) in [6.07, 6.45) is -2.06. The Morgan fingerprint density at radius 1 is 1.15 bits per heavy atom. The van der Waals surface area contributed by atoms with Gasteiger partial charge < -0.3 is 10.4 Å². The number of aliphatic hydroxyl groups excluding tert-OH is 1. The highest BCUT2D eigenvalue weighted by Gasteiger charge is 2.33. The molecule has 0 heterocycles. The van der Waals surface area contributed by atoms with Crippen molar-refractivity contribution < 1.29 is 22.7 Å². The fourth-order valence-corrected chi connectivity index (χ4v) is 2.50. The van der Waals surface area contributed by atoms with Crippen LogP contribution in [0.2, 0.25) is 0 Å². The van der Waals surface area contributed by atoms with E-state index in [1.165, 1.54) is 6.07 Å². The Balaban J connectivity index is 2.02. The molecule has 2 nitrogen and oxygen atoms in total. The summed E-state index contributed by atoms with van der Waals surface area (Å²) in [5.41, 5.74) is -0.883. The molecule has 1 aromatic carbocycles. The molecule has 1 aliphatic carbocycles. The standard InChI is InChI=1S/C14H17F4NO/c15-10-2-1-9(13(7-10)14(16,17)18)8-19-11-3-5-12(20)6-4-11/h1-2,7,11-12,19-20H,3-6,8H2. The van der Waals surface area contributed by atoms with Gasteiger partial charge in [0.05, 0.1) is 11.7 Å². The van der Waals surface area contributed by atoms with Crippen molar-refractivity contribution in [1.29, 1.82) is 0 Å². The second kappa shape index (κ2) is 6.10. The van der Waals surface area contributed by atoms with Gasteiger partial charge in [0.1, 0.15) is 5.82 Å². The van der Waals surface area contributed by atoms with Crippen LogP contribution in [0, 0.1) is 5.82 Å². The molecule has 1 saturated carbocycles. The molecule has 0 spiro atoms. The quantitative estimate of drug-likeness (QED) is 0.838. The molecule has 0 saturated heterocycles. The molecule has 0 bridgehead atoms. The predicted octanol–water partition coefficient (Wildman–Crippen LogP) is 3.24. The van der Waals surface area contributed by atoms with Gasteiger partial charge >= 0.3 is 6.18 Å². The summed E-state index contributed by atoms with van der Waals surface area (Å²) in [6.45, 7) is 0.0515. The molecule has 2 rings (SSSR count). The molecular weight excluding hydrogens is 274 g/mol. The molecule has 6 heteroatoms. The first-order valence-electron chi connectivity index (χ1n) is 6.63. The minimum Gasteiger partial charge on any atom is -0.393 e. The summed E-state index contributed by atoms with van der Waals surface area (Å²) in [5, 5.41) is 12.4. The molecule has 0 amide bonds. The summed E-state index contributed by atoms with van der Waals surface area (Å²) in [6, 6.07) is 2.84. The minimum atomic E-state index is -4.55. The summed E-state index contributed by atoms with van der Waals surface area (Å²) < 4.78 is 51.4. The Hall–Kier alpha value is -1.14. The van der Waals surface area contributed by atoms with Crippen LogP contribution in [-0.4, -0.2) is 17.3 Å². The number of aliphatic hydroxyl groups is 1. The Kier molecular flexibility index (Phi) is 4.65. The number of halogens is 4. The first-order chi connectivity index (χ1) is 9.36. The second-order valence-electron chi connectivity index (χ2n) is 5.19. The highest BCUT2D eigenvalue weighted by Crippen LogP contribution is 2.32. The van der Waals surface area contributed by atoms with Crippen molar-refractivity contribution in [3.63, 3.8) is 0 Å². The van der Waals surface area contributed by atoms with E-state index in [1.54, 1.807) is 0 Å². The maximum Gasteiger partial charge on any atom is 0.416 e. The van der Waals surface area contributed by atoms with E-state index in [-0.39, 0.29) is 24.3 Å². The average molecular weight is 291 g/mol. The van der Waals surface area contributed by atoms with Crippen LogP contribution >= 0.6 is 0 Å². The van der Waals surface area contributed by atoms with Crippen molar-refractivity contribution in [3.05, 3.63) is 35.1 Å². The Bertz CT molecular complexity index is 453. The lowest BCUT2D eigenvalue weighted by molar-refractivity contribution is -0.138. The molecular formula is C14H17F4NO. The topological polar surface area (TPSA) is 32.3 Å². The molecule has 1 aliphatic rings. The van der Waals surface area contributed by atoms with Crippen LogP contribution in [0.5, 0.6) is 0 Å². The van der Waals surface area contributed by atoms with Gasteiger partial charge in [-0.15, -0.1) is 0 Å². The Morgan fingerprint density at radius 2 is 1.80 bits per heavy atom. The molecule has 0 radical (unpaired) electrons. The van der Waals surface area contributed by atoms with E-state index >= 15 is 0 Å². The van der Waals surface area contributed by atoms with E-state index in [4.69, 9.17) is 0 Å². The van der Waals surface area contributed by atoms with Crippen LogP contribution in [0.1, 0.15) is 36.8 Å². The van der Waals surface area contributed by atoms with E-state index in [0.29, 0.717) is 18.9 Å². The van der Waals surface area contributed by atoms with Gasteiger partial charge in [0.25, 0.3) is 0 Å². The Labute approximate surface area is 114 Å². The van der Waals surface area contributed by atoms with Crippen molar-refractivity contribution in [3.8, 4) is 0 Å². The molecule has 0 aromatic heterocycles. The monoisotopic (exact) mass is 291 g/mol. The molecule has 1 fully saturated rings. The van der Waals surface area contributed by atoms with Crippen molar-refractivity contribution in [2.24, 2.45) is 0 Å². The highest BCUT2D eigenvalue weighted by molar-refractivity contribution is 5.30. The van der Waals surface area contributed by atoms with Crippen molar-refractivity contribution >= 4 is 0 Å². The third kappa shape index (κ3) is 3.93. The van der Waals surface area contributed by atoms with Gasteiger partial charge in [0.2, 0.25) is 0 Å². The average Bonchev–Trinajstić information content (AvgIpc) is 2.38. The third-order valence-electron chi connectivity index (χ3n) is 3.66. The number of benzene rings is 1. The van der Waals surface area contributed by atoms with E-state index in [2.05, 4.69) is 5.32 Å². The smallest absolute Gasteiger partial charge is 0.393 e. The normalized spacial score (nSPS) is 23.9. The zero-order chi connectivity index (χ0) is 14.8. The van der Waals surface area contributed by atoms with E-state index in [0.717, 1.165) is 18.9 Å². The number of hydrogen-bond acceptors (Lipinski definition) is 2. The fourth-order valence-electron chi connectivity index (χ4n) is 2.50. The van der Waals surface area contributed by atoms with Crippen LogP contribution in [0.15, 0.2) is 18.2 Å². The van der Waals surface area contributed by atoms with Crippen molar-refractivity contribution in [2.45, 2.75) is 50.6 Å². The molecule has 112 valence electrons. The van der Waals surface area contributed by atoms with Crippen molar-refractivity contribution in [2.75, 3.05) is 0 Å². The van der Waals surface area contributed by atoms with Gasteiger partial charge in [-0.3, -0.25) is 0 Å². The third-order valence-corrected chi connectivity index (χ3v) is 3.66. The number of rotatable bonds is 3. The van der Waals surface area contributed by atoms with Crippen LogP contribution in [0.3, 0.4) is 0 Å². The molecule has 1 aromatic rings. The maximum atomic E-state index is 13.0. The molecule has 0 aliphatic heterocycles. The van der Waals surface area contributed by atoms with E-state index in [1.807, 2.05) is 0 Å².